The molecule has 4 aromatic rings. The van der Waals surface area contributed by atoms with E-state index in [-0.39, 0.29) is 43.6 Å². The number of piperidine rings is 2. The van der Waals surface area contributed by atoms with Gasteiger partial charge in [-0.3, -0.25) is 29.6 Å². The molecule has 3 aliphatic rings. The monoisotopic (exact) mass is 744 g/mol. The summed E-state index contributed by atoms with van der Waals surface area (Å²) in [5.74, 6) is -1.48. The first-order chi connectivity index (χ1) is 26.1. The second-order valence-electron chi connectivity index (χ2n) is 14.1. The molecule has 54 heavy (non-hydrogen) atoms. The fourth-order valence-corrected chi connectivity index (χ4v) is 7.75. The molecule has 7 rings (SSSR count). The number of amides is 4. The quantitative estimate of drug-likeness (QED) is 0.215. The minimum Gasteiger partial charge on any atom is -0.495 e. The zero-order valence-electron chi connectivity index (χ0n) is 30.5. The minimum atomic E-state index is -0.784. The predicted molar refractivity (Wildman–Crippen MR) is 201 cm³/mol. The van der Waals surface area contributed by atoms with E-state index < -0.39 is 17.7 Å². The third-order valence-corrected chi connectivity index (χ3v) is 10.9. The number of pyridine rings is 2. The van der Waals surface area contributed by atoms with Gasteiger partial charge in [0, 0.05) is 76.8 Å². The molecule has 4 amide bonds. The number of anilines is 1. The normalized spacial score (nSPS) is 17.6. The van der Waals surface area contributed by atoms with E-state index in [2.05, 4.69) is 15.2 Å². The summed E-state index contributed by atoms with van der Waals surface area (Å²) in [6, 6.07) is 8.70. The highest BCUT2D eigenvalue weighted by Gasteiger charge is 2.30. The Morgan fingerprint density at radius 1 is 0.963 bits per heavy atom. The number of ether oxygens (including phenoxy) is 2. The van der Waals surface area contributed by atoms with E-state index in [9.17, 15) is 19.2 Å². The molecule has 0 saturated carbocycles. The van der Waals surface area contributed by atoms with E-state index in [0.717, 1.165) is 38.9 Å². The van der Waals surface area contributed by atoms with E-state index in [1.807, 2.05) is 11.8 Å². The van der Waals surface area contributed by atoms with Crippen molar-refractivity contribution in [3.63, 3.8) is 0 Å². The minimum absolute atomic E-state index is 0. The van der Waals surface area contributed by atoms with Gasteiger partial charge in [0.05, 0.1) is 18.2 Å². The molecule has 0 bridgehead atoms. The lowest BCUT2D eigenvalue weighted by Gasteiger charge is -2.35. The summed E-state index contributed by atoms with van der Waals surface area (Å²) in [6.07, 6.45) is 8.54. The van der Waals surface area contributed by atoms with Crippen LogP contribution in [0.5, 0.6) is 11.5 Å². The van der Waals surface area contributed by atoms with Crippen molar-refractivity contribution in [1.29, 1.82) is 0 Å². The van der Waals surface area contributed by atoms with Crippen LogP contribution in [0.25, 0.3) is 21.9 Å². The summed E-state index contributed by atoms with van der Waals surface area (Å²) in [5.41, 5.74) is 1.56. The van der Waals surface area contributed by atoms with Crippen molar-refractivity contribution in [2.75, 3.05) is 51.3 Å². The summed E-state index contributed by atoms with van der Waals surface area (Å²) in [6.45, 7) is 6.11. The summed E-state index contributed by atoms with van der Waals surface area (Å²) < 4.78 is 43.7. The largest absolute Gasteiger partial charge is 0.495 e. The lowest BCUT2D eigenvalue weighted by atomic mass is 9.92. The maximum Gasteiger partial charge on any atom is 0.328 e. The summed E-state index contributed by atoms with van der Waals surface area (Å²) in [4.78, 5) is 60.1. The molecule has 0 unspecified atom stereocenters. The van der Waals surface area contributed by atoms with Gasteiger partial charge in [-0.1, -0.05) is 0 Å². The Morgan fingerprint density at radius 2 is 1.70 bits per heavy atom. The van der Waals surface area contributed by atoms with Crippen LogP contribution in [0.2, 0.25) is 0 Å². The second-order valence-corrected chi connectivity index (χ2v) is 14.1. The van der Waals surface area contributed by atoms with Crippen LogP contribution in [0, 0.1) is 17.6 Å². The molecule has 3 aliphatic heterocycles. The van der Waals surface area contributed by atoms with Gasteiger partial charge in [0.15, 0.2) is 17.4 Å². The van der Waals surface area contributed by atoms with E-state index in [1.54, 1.807) is 36.7 Å². The number of rotatable bonds is 10. The molecule has 0 aliphatic carbocycles. The molecule has 0 atom stereocenters. The number of fused-ring (bicyclic) bond motifs is 1. The van der Waals surface area contributed by atoms with Gasteiger partial charge in [-0.2, -0.15) is 0 Å². The Hall–Kier alpha value is -5.37. The van der Waals surface area contributed by atoms with Crippen molar-refractivity contribution in [3.8, 4) is 22.6 Å². The Labute approximate surface area is 313 Å². The molecule has 2 aromatic carbocycles. The number of imide groups is 1. The number of halogens is 2. The number of carbonyl (C=O) groups is 3. The molecule has 0 spiro atoms. The van der Waals surface area contributed by atoms with Gasteiger partial charge in [-0.05, 0) is 98.8 Å². The number of urea groups is 1. The Kier molecular flexibility index (Phi) is 10.9. The third kappa shape index (κ3) is 7.65. The van der Waals surface area contributed by atoms with Crippen LogP contribution in [0.1, 0.15) is 57.2 Å². The standard InChI is InChI=1S/C40H44F2N6O6.H2/c1-3-46-24-31(29-6-13-43-23-30(29)39(46)51)27-20-32(41)37(33(42)21-27)54-28-10-15-45(16-11-28)14-7-25-8-17-47(18-9-25)38(50)26-4-5-35(53-2)34(22-26)48-19-12-36(49)44-40(48)52;/h4-6,13,20-25,28H,3,7-12,14-19H2,1-2H3,(H,44,49,52);1H. The van der Waals surface area contributed by atoms with Crippen LogP contribution < -0.4 is 25.2 Å². The molecular formula is C40H46F2N6O6. The maximum atomic E-state index is 15.4. The number of hydrogen-bond donors (Lipinski definition) is 1. The highest BCUT2D eigenvalue weighted by molar-refractivity contribution is 6.07. The molecular weight excluding hydrogens is 698 g/mol. The smallest absolute Gasteiger partial charge is 0.328 e. The van der Waals surface area contributed by atoms with Gasteiger partial charge in [0.1, 0.15) is 11.9 Å². The van der Waals surface area contributed by atoms with Gasteiger partial charge in [0.25, 0.3) is 11.5 Å². The molecule has 286 valence electrons. The van der Waals surface area contributed by atoms with E-state index in [0.29, 0.717) is 77.3 Å². The van der Waals surface area contributed by atoms with E-state index in [1.165, 1.54) is 34.9 Å². The van der Waals surface area contributed by atoms with Crippen molar-refractivity contribution < 1.29 is 34.1 Å². The average molecular weight is 745 g/mol. The third-order valence-electron chi connectivity index (χ3n) is 10.9. The van der Waals surface area contributed by atoms with Crippen LogP contribution >= 0.6 is 0 Å². The number of nitrogens with zero attached hydrogens (tertiary/aromatic N) is 5. The second kappa shape index (κ2) is 15.9. The summed E-state index contributed by atoms with van der Waals surface area (Å²) in [7, 11) is 1.50. The highest BCUT2D eigenvalue weighted by atomic mass is 19.1. The van der Waals surface area contributed by atoms with Gasteiger partial charge >= 0.3 is 6.03 Å². The number of nitrogens with one attached hydrogen (secondary N) is 1. The van der Waals surface area contributed by atoms with Crippen molar-refractivity contribution >= 4 is 34.3 Å². The Bertz CT molecular complexity index is 2110. The highest BCUT2D eigenvalue weighted by Crippen LogP contribution is 2.35. The number of likely N-dealkylation sites (tertiary alicyclic amines) is 2. The molecule has 1 N–H and O–H groups in total. The average Bonchev–Trinajstić information content (AvgIpc) is 3.19. The molecule has 5 heterocycles. The number of benzene rings is 2. The first kappa shape index (κ1) is 37.0. The van der Waals surface area contributed by atoms with Gasteiger partial charge < -0.3 is 23.8 Å². The van der Waals surface area contributed by atoms with Crippen LogP contribution in [-0.2, 0) is 11.3 Å². The summed E-state index contributed by atoms with van der Waals surface area (Å²) in [5, 5.41) is 3.28. The van der Waals surface area contributed by atoms with Crippen molar-refractivity contribution in [2.45, 2.75) is 58.1 Å². The summed E-state index contributed by atoms with van der Waals surface area (Å²) >= 11 is 0. The molecule has 12 nitrogen and oxygen atoms in total. The Balaban J connectivity index is 0.00000514. The number of methoxy groups -OCH3 is 1. The van der Waals surface area contributed by atoms with Crippen molar-refractivity contribution in [1.82, 2.24) is 24.7 Å². The number of carbonyl (C=O) groups excluding carboxylic acids is 3. The fourth-order valence-electron chi connectivity index (χ4n) is 7.75. The van der Waals surface area contributed by atoms with Gasteiger partial charge in [-0.15, -0.1) is 0 Å². The van der Waals surface area contributed by atoms with Crippen LogP contribution in [0.4, 0.5) is 19.3 Å². The van der Waals surface area contributed by atoms with E-state index >= 15 is 8.78 Å². The molecule has 0 radical (unpaired) electrons. The zero-order valence-corrected chi connectivity index (χ0v) is 30.5. The molecule has 3 fully saturated rings. The lowest BCUT2D eigenvalue weighted by molar-refractivity contribution is -0.120. The first-order valence-corrected chi connectivity index (χ1v) is 18.6. The number of hydrogen-bond acceptors (Lipinski definition) is 8. The van der Waals surface area contributed by atoms with Crippen LogP contribution in [0.15, 0.2) is 59.8 Å². The molecule has 14 heteroatoms. The SMILES string of the molecule is CCn1cc(-c2cc(F)c(OC3CCN(CCC4CCN(C(=O)c5ccc(OC)c(N6CCC(=O)NC6=O)c5)CC4)CC3)c(F)c2)c2ccncc2c1=O.[HH]. The van der Waals surface area contributed by atoms with Gasteiger partial charge in [0.2, 0.25) is 5.91 Å². The van der Waals surface area contributed by atoms with E-state index in [4.69, 9.17) is 9.47 Å². The number of aromatic nitrogens is 2. The predicted octanol–water partition coefficient (Wildman–Crippen LogP) is 5.85. The first-order valence-electron chi connectivity index (χ1n) is 18.6. The maximum absolute atomic E-state index is 15.4. The van der Waals surface area contributed by atoms with Crippen LogP contribution in [0.3, 0.4) is 0 Å². The lowest BCUT2D eigenvalue weighted by Crippen LogP contribution is -2.49. The molecule has 2 aromatic heterocycles. The van der Waals surface area contributed by atoms with Crippen molar-refractivity contribution in [2.24, 2.45) is 5.92 Å². The topological polar surface area (TPSA) is 126 Å². The Morgan fingerprint density at radius 3 is 2.39 bits per heavy atom. The number of aryl methyl sites for hydroxylation is 1. The van der Waals surface area contributed by atoms with Crippen molar-refractivity contribution in [3.05, 3.63) is 82.5 Å². The van der Waals surface area contributed by atoms with Crippen LogP contribution in [-0.4, -0.2) is 89.7 Å². The zero-order chi connectivity index (χ0) is 37.9. The van der Waals surface area contributed by atoms with Gasteiger partial charge in [-0.25, -0.2) is 13.6 Å². The fraction of sp³-hybridized carbons (Fsp3) is 0.425. The molecule has 3 saturated heterocycles.